The molecule has 0 unspecified atom stereocenters. The second-order valence-corrected chi connectivity index (χ2v) is 9.36. The molecule has 0 aliphatic carbocycles. The minimum absolute atomic E-state index is 0.705. The van der Waals surface area contributed by atoms with Crippen molar-refractivity contribution in [2.75, 3.05) is 0 Å². The van der Waals surface area contributed by atoms with Crippen LogP contribution in [0.1, 0.15) is 27.7 Å². The normalized spacial score (nSPS) is 12.8. The van der Waals surface area contributed by atoms with Gasteiger partial charge in [-0.05, 0) is 70.8 Å². The van der Waals surface area contributed by atoms with Crippen molar-refractivity contribution in [1.29, 1.82) is 0 Å². The lowest BCUT2D eigenvalue weighted by Gasteiger charge is -2.37. The van der Waals surface area contributed by atoms with Crippen molar-refractivity contribution in [3.05, 3.63) is 78.9 Å². The van der Waals surface area contributed by atoms with Crippen LogP contribution in [0.3, 0.4) is 0 Å². The third kappa shape index (κ3) is 3.29. The van der Waals surface area contributed by atoms with Gasteiger partial charge in [0, 0.05) is 0 Å². The van der Waals surface area contributed by atoms with Crippen LogP contribution in [-0.2, 0) is 4.65 Å². The number of benzene rings is 5. The maximum Gasteiger partial charge on any atom is 0.330 e. The van der Waals surface area contributed by atoms with Gasteiger partial charge in [0.1, 0.15) is 0 Å². The quantitative estimate of drug-likeness (QED) is 0.289. The van der Waals surface area contributed by atoms with Crippen molar-refractivity contribution in [1.82, 2.24) is 0 Å². The smallest absolute Gasteiger partial charge is 0.330 e. The first kappa shape index (κ1) is 20.1. The van der Waals surface area contributed by atoms with E-state index in [0.29, 0.717) is 0 Å². The van der Waals surface area contributed by atoms with Gasteiger partial charge in [-0.1, -0.05) is 84.3 Å². The van der Waals surface area contributed by atoms with Crippen molar-refractivity contribution >= 4 is 56.0 Å². The molecule has 153 valence electrons. The predicted octanol–water partition coefficient (Wildman–Crippen LogP) is 6.11. The van der Waals surface area contributed by atoms with E-state index in [0.717, 1.165) is 5.46 Å². The highest BCUT2D eigenvalue weighted by Gasteiger charge is 2.35. The molecule has 31 heavy (non-hydrogen) atoms. The van der Waals surface area contributed by atoms with Crippen LogP contribution in [0.25, 0.3) is 43.1 Å². The van der Waals surface area contributed by atoms with E-state index in [-0.39, 0.29) is 0 Å². The molecular formula is C28H26BO2. The van der Waals surface area contributed by atoms with Crippen LogP contribution in [0.4, 0.5) is 0 Å². The summed E-state index contributed by atoms with van der Waals surface area (Å²) in [5.41, 5.74) is -0.680. The lowest BCUT2D eigenvalue weighted by molar-refractivity contribution is -0.0893. The Morgan fingerprint density at radius 3 is 1.94 bits per heavy atom. The molecule has 0 aromatic heterocycles. The van der Waals surface area contributed by atoms with Crippen molar-refractivity contribution in [3.8, 4) is 0 Å². The molecule has 1 radical (unpaired) electrons. The Labute approximate surface area is 183 Å². The Bertz CT molecular complexity index is 1440. The van der Waals surface area contributed by atoms with E-state index in [2.05, 4.69) is 78.9 Å². The maximum absolute atomic E-state index is 10.4. The largest absolute Gasteiger partial charge is 0.427 e. The van der Waals surface area contributed by atoms with Crippen molar-refractivity contribution in [3.63, 3.8) is 0 Å². The Kier molecular flexibility index (Phi) is 4.58. The van der Waals surface area contributed by atoms with Crippen LogP contribution >= 0.6 is 0 Å². The molecule has 0 aliphatic heterocycles. The predicted molar refractivity (Wildman–Crippen MR) is 133 cm³/mol. The van der Waals surface area contributed by atoms with Gasteiger partial charge in [-0.2, -0.15) is 0 Å². The molecule has 5 aromatic rings. The van der Waals surface area contributed by atoms with E-state index in [1.54, 1.807) is 21.3 Å². The topological polar surface area (TPSA) is 29.5 Å². The zero-order valence-corrected chi connectivity index (χ0v) is 18.4. The standard InChI is InChI=1S/C28H26BO2/c1-27(2,30)28(3,4)31-29-19-14-16-24-25(17-19)22-12-8-7-11-21(22)23-15-13-18-9-5-6-10-20(18)26(23)24/h5-17,30H,1-4H3. The molecule has 0 saturated carbocycles. The summed E-state index contributed by atoms with van der Waals surface area (Å²) in [4.78, 5) is 0. The molecule has 3 heteroatoms. The van der Waals surface area contributed by atoms with Crippen molar-refractivity contribution in [2.45, 2.75) is 38.9 Å². The van der Waals surface area contributed by atoms with Crippen LogP contribution in [-0.4, -0.2) is 23.8 Å². The number of aliphatic hydroxyl groups is 1. The summed E-state index contributed by atoms with van der Waals surface area (Å²) >= 11 is 0. The summed E-state index contributed by atoms with van der Waals surface area (Å²) in [6.07, 6.45) is 0. The average Bonchev–Trinajstić information content (AvgIpc) is 2.76. The van der Waals surface area contributed by atoms with E-state index in [1.807, 2.05) is 13.8 Å². The molecule has 0 atom stereocenters. The fourth-order valence-corrected chi connectivity index (χ4v) is 4.17. The molecule has 2 nitrogen and oxygen atoms in total. The summed E-state index contributed by atoms with van der Waals surface area (Å²) in [6, 6.07) is 28.1. The van der Waals surface area contributed by atoms with Crippen LogP contribution < -0.4 is 5.46 Å². The Morgan fingerprint density at radius 2 is 1.23 bits per heavy atom. The summed E-state index contributed by atoms with van der Waals surface area (Å²) in [5, 5.41) is 20.4. The average molecular weight is 405 g/mol. The zero-order valence-electron chi connectivity index (χ0n) is 18.4. The van der Waals surface area contributed by atoms with Crippen LogP contribution in [0, 0.1) is 0 Å². The fourth-order valence-electron chi connectivity index (χ4n) is 4.17. The molecule has 0 saturated heterocycles. The lowest BCUT2D eigenvalue weighted by atomic mass is 9.81. The first-order valence-corrected chi connectivity index (χ1v) is 10.8. The Hall–Kier alpha value is -2.88. The van der Waals surface area contributed by atoms with E-state index >= 15 is 0 Å². The number of hydrogen-bond acceptors (Lipinski definition) is 2. The third-order valence-corrected chi connectivity index (χ3v) is 6.71. The minimum atomic E-state index is -0.956. The first-order chi connectivity index (χ1) is 14.8. The SMILES string of the molecule is CC(C)(O)C(C)(C)O[B]c1ccc2c(c1)c1ccccc1c1ccc3ccccc3c12. The molecule has 0 fully saturated rings. The third-order valence-electron chi connectivity index (χ3n) is 6.71. The highest BCUT2D eigenvalue weighted by atomic mass is 16.5. The number of hydrogen-bond donors (Lipinski definition) is 1. The van der Waals surface area contributed by atoms with Gasteiger partial charge in [0.15, 0.2) is 0 Å². The van der Waals surface area contributed by atoms with Gasteiger partial charge in [-0.3, -0.25) is 0 Å². The summed E-state index contributed by atoms with van der Waals surface area (Å²) in [7, 11) is 1.76. The van der Waals surface area contributed by atoms with Gasteiger partial charge in [-0.15, -0.1) is 0 Å². The van der Waals surface area contributed by atoms with E-state index in [1.165, 1.54) is 43.1 Å². The molecule has 5 rings (SSSR count). The van der Waals surface area contributed by atoms with Gasteiger partial charge in [0.2, 0.25) is 0 Å². The molecule has 0 spiro atoms. The molecule has 0 bridgehead atoms. The van der Waals surface area contributed by atoms with E-state index < -0.39 is 11.2 Å². The molecule has 0 aliphatic rings. The van der Waals surface area contributed by atoms with E-state index in [4.69, 9.17) is 4.65 Å². The van der Waals surface area contributed by atoms with Gasteiger partial charge >= 0.3 is 7.48 Å². The van der Waals surface area contributed by atoms with Crippen molar-refractivity contribution < 1.29 is 9.76 Å². The van der Waals surface area contributed by atoms with Crippen LogP contribution in [0.5, 0.6) is 0 Å². The summed E-state index contributed by atoms with van der Waals surface area (Å²) < 4.78 is 6.02. The first-order valence-electron chi connectivity index (χ1n) is 10.8. The lowest BCUT2D eigenvalue weighted by Crippen LogP contribution is -2.49. The molecule has 0 amide bonds. The number of fused-ring (bicyclic) bond motifs is 8. The fraction of sp³-hybridized carbons (Fsp3) is 0.214. The molecule has 5 aromatic carbocycles. The second-order valence-electron chi connectivity index (χ2n) is 9.36. The molecule has 1 N–H and O–H groups in total. The molecular weight excluding hydrogens is 379 g/mol. The summed E-state index contributed by atoms with van der Waals surface area (Å²) in [5.74, 6) is 0. The van der Waals surface area contributed by atoms with Gasteiger partial charge in [-0.25, -0.2) is 0 Å². The van der Waals surface area contributed by atoms with E-state index in [9.17, 15) is 5.11 Å². The van der Waals surface area contributed by atoms with Crippen molar-refractivity contribution in [2.24, 2.45) is 0 Å². The highest BCUT2D eigenvalue weighted by Crippen LogP contribution is 2.38. The minimum Gasteiger partial charge on any atom is -0.427 e. The van der Waals surface area contributed by atoms with Gasteiger partial charge < -0.3 is 9.76 Å². The zero-order chi connectivity index (χ0) is 21.8. The van der Waals surface area contributed by atoms with Crippen LogP contribution in [0.15, 0.2) is 78.9 Å². The monoisotopic (exact) mass is 405 g/mol. The molecule has 0 heterocycles. The second kappa shape index (κ2) is 7.08. The highest BCUT2D eigenvalue weighted by molar-refractivity contribution is 6.48. The van der Waals surface area contributed by atoms with Gasteiger partial charge in [0.05, 0.1) is 11.2 Å². The van der Waals surface area contributed by atoms with Crippen LogP contribution in [0.2, 0.25) is 0 Å². The Morgan fingerprint density at radius 1 is 0.645 bits per heavy atom. The summed E-state index contributed by atoms with van der Waals surface area (Å²) in [6.45, 7) is 7.34. The maximum atomic E-state index is 10.4. The Balaban J connectivity index is 1.76. The number of rotatable bonds is 4. The van der Waals surface area contributed by atoms with Gasteiger partial charge in [0.25, 0.3) is 0 Å².